The van der Waals surface area contributed by atoms with Crippen molar-refractivity contribution < 1.29 is 62.3 Å². The minimum atomic E-state index is -5.08. The molecule has 12 nitrogen and oxygen atoms in total. The highest BCUT2D eigenvalue weighted by molar-refractivity contribution is 6.16. The lowest BCUT2D eigenvalue weighted by Crippen LogP contribution is -2.49. The fourth-order valence-electron chi connectivity index (χ4n) is 4.23. The first-order chi connectivity index (χ1) is 21.2. The number of amides is 1. The summed E-state index contributed by atoms with van der Waals surface area (Å²) < 4.78 is 37.5. The topological polar surface area (TPSA) is 200 Å². The number of esters is 1. The monoisotopic (exact) mass is 632 g/mol. The highest BCUT2D eigenvalue weighted by Gasteiger charge is 2.38. The smallest absolute Gasteiger partial charge is 0.490 e. The highest BCUT2D eigenvalue weighted by Crippen LogP contribution is 2.25. The Hall–Kier alpha value is -5.44. The number of halogens is 3. The predicted octanol–water partition coefficient (Wildman–Crippen LogP) is 3.37. The van der Waals surface area contributed by atoms with Gasteiger partial charge in [0.25, 0.3) is 5.91 Å². The van der Waals surface area contributed by atoms with Gasteiger partial charge in [0.1, 0.15) is 17.6 Å². The van der Waals surface area contributed by atoms with Gasteiger partial charge in [-0.15, -0.1) is 0 Å². The number of carboxylic acids is 2. The number of aromatic carboxylic acids is 1. The summed E-state index contributed by atoms with van der Waals surface area (Å²) in [5.41, 5.74) is -0.0661. The number of phenolic OH excluding ortho intramolecular Hbond substituents is 2. The van der Waals surface area contributed by atoms with E-state index in [4.69, 9.17) is 14.6 Å². The summed E-state index contributed by atoms with van der Waals surface area (Å²) in [6.45, 7) is 1.09. The largest absolute Gasteiger partial charge is 0.508 e. The molecule has 0 aliphatic carbocycles. The summed E-state index contributed by atoms with van der Waals surface area (Å²) in [7, 11) is 0. The molecule has 0 aromatic heterocycles. The van der Waals surface area contributed by atoms with Crippen molar-refractivity contribution in [1.29, 1.82) is 0 Å². The molecule has 1 amide bonds. The lowest BCUT2D eigenvalue weighted by Gasteiger charge is -2.26. The SMILES string of the molecule is O=C(N[C@H]1CNCCC[C@@H]1OC(=O)c1ccc(C(=O)c2c(O)cccc2C(=O)O)cc1)c1ccc(O)cc1.O=C(O)C(F)(F)F. The van der Waals surface area contributed by atoms with Crippen molar-refractivity contribution in [1.82, 2.24) is 10.6 Å². The van der Waals surface area contributed by atoms with Crippen LogP contribution < -0.4 is 10.6 Å². The van der Waals surface area contributed by atoms with Crippen LogP contribution in [-0.2, 0) is 9.53 Å². The van der Waals surface area contributed by atoms with Crippen molar-refractivity contribution in [3.8, 4) is 11.5 Å². The molecule has 0 saturated carbocycles. The number of ether oxygens (including phenoxy) is 1. The van der Waals surface area contributed by atoms with E-state index >= 15 is 0 Å². The summed E-state index contributed by atoms with van der Waals surface area (Å²) in [6, 6.07) is 14.6. The lowest BCUT2D eigenvalue weighted by atomic mass is 9.96. The molecule has 1 heterocycles. The first-order valence-corrected chi connectivity index (χ1v) is 13.2. The fraction of sp³-hybridized carbons (Fsp3) is 0.233. The van der Waals surface area contributed by atoms with Gasteiger partial charge in [-0.2, -0.15) is 13.2 Å². The van der Waals surface area contributed by atoms with Crippen molar-refractivity contribution in [3.05, 3.63) is 94.5 Å². The molecule has 0 bridgehead atoms. The van der Waals surface area contributed by atoms with Crippen LogP contribution >= 0.6 is 0 Å². The maximum absolute atomic E-state index is 12.9. The zero-order chi connectivity index (χ0) is 33.3. The normalized spacial score (nSPS) is 16.2. The average Bonchev–Trinajstić information content (AvgIpc) is 3.21. The number of hydrogen-bond donors (Lipinski definition) is 6. The van der Waals surface area contributed by atoms with E-state index in [9.17, 15) is 47.7 Å². The molecule has 45 heavy (non-hydrogen) atoms. The average molecular weight is 633 g/mol. The predicted molar refractivity (Wildman–Crippen MR) is 149 cm³/mol. The molecule has 3 aromatic rings. The number of alkyl halides is 3. The maximum atomic E-state index is 12.9. The van der Waals surface area contributed by atoms with Crippen LogP contribution in [0.5, 0.6) is 11.5 Å². The third-order valence-electron chi connectivity index (χ3n) is 6.48. The van der Waals surface area contributed by atoms with Crippen LogP contribution in [-0.4, -0.2) is 81.4 Å². The number of nitrogens with one attached hydrogen (secondary N) is 2. The van der Waals surface area contributed by atoms with Gasteiger partial charge >= 0.3 is 24.1 Å². The van der Waals surface area contributed by atoms with E-state index in [2.05, 4.69) is 10.6 Å². The first-order valence-electron chi connectivity index (χ1n) is 13.2. The molecule has 1 fully saturated rings. The Morgan fingerprint density at radius 3 is 2.00 bits per heavy atom. The molecule has 15 heteroatoms. The number of aromatic hydroxyl groups is 2. The van der Waals surface area contributed by atoms with Crippen LogP contribution in [0.1, 0.15) is 59.8 Å². The number of hydrogen-bond acceptors (Lipinski definition) is 9. The number of rotatable bonds is 7. The molecular formula is C30H27F3N2O10. The lowest BCUT2D eigenvalue weighted by molar-refractivity contribution is -0.192. The zero-order valence-electron chi connectivity index (χ0n) is 23.2. The van der Waals surface area contributed by atoms with Gasteiger partial charge in [0.15, 0.2) is 5.78 Å². The van der Waals surface area contributed by atoms with Crippen LogP contribution in [0.25, 0.3) is 0 Å². The third kappa shape index (κ3) is 9.27. The van der Waals surface area contributed by atoms with Crippen LogP contribution in [0.2, 0.25) is 0 Å². The molecule has 0 radical (unpaired) electrons. The van der Waals surface area contributed by atoms with E-state index in [1.807, 2.05) is 0 Å². The van der Waals surface area contributed by atoms with E-state index in [-0.39, 0.29) is 33.9 Å². The standard InChI is InChI=1S/C28H26N2O8.C2HF3O2/c31-19-12-10-17(11-13-19)26(34)30-21-15-29-14-2-5-23(21)38-28(37)18-8-6-16(7-9-18)25(33)24-20(27(35)36)3-1-4-22(24)32;3-2(4,5)1(6)7/h1,3-4,6-13,21,23,29,31-32H,2,5,14-15H2,(H,30,34)(H,35,36);(H,6,7)/t21-,23-;/m0./s1. The Morgan fingerprint density at radius 2 is 1.42 bits per heavy atom. The van der Waals surface area contributed by atoms with Gasteiger partial charge in [0.2, 0.25) is 0 Å². The number of carbonyl (C=O) groups excluding carboxylic acids is 3. The molecule has 1 aliphatic rings. The highest BCUT2D eigenvalue weighted by atomic mass is 19.4. The number of phenols is 2. The molecular weight excluding hydrogens is 605 g/mol. The summed E-state index contributed by atoms with van der Waals surface area (Å²) >= 11 is 0. The van der Waals surface area contributed by atoms with Crippen molar-refractivity contribution in [2.45, 2.75) is 31.2 Å². The van der Waals surface area contributed by atoms with Crippen LogP contribution in [0.3, 0.4) is 0 Å². The van der Waals surface area contributed by atoms with Crippen LogP contribution in [0, 0.1) is 0 Å². The van der Waals surface area contributed by atoms with E-state index in [0.717, 1.165) is 6.42 Å². The molecule has 1 aliphatic heterocycles. The van der Waals surface area contributed by atoms with Gasteiger partial charge in [-0.05, 0) is 67.9 Å². The number of carbonyl (C=O) groups is 5. The summed E-state index contributed by atoms with van der Waals surface area (Å²) in [5.74, 6) is -6.24. The van der Waals surface area contributed by atoms with Crippen molar-refractivity contribution in [2.75, 3.05) is 13.1 Å². The maximum Gasteiger partial charge on any atom is 0.490 e. The van der Waals surface area contributed by atoms with E-state index in [0.29, 0.717) is 25.1 Å². The van der Waals surface area contributed by atoms with Gasteiger partial charge < -0.3 is 35.8 Å². The number of ketones is 1. The Morgan fingerprint density at radius 1 is 0.844 bits per heavy atom. The summed E-state index contributed by atoms with van der Waals surface area (Å²) in [6.07, 6.45) is -4.45. The minimum Gasteiger partial charge on any atom is -0.508 e. The number of benzene rings is 3. The van der Waals surface area contributed by atoms with Gasteiger partial charge in [-0.25, -0.2) is 14.4 Å². The molecule has 3 aromatic carbocycles. The Labute approximate surface area is 253 Å². The number of carboxylic acid groups (broad SMARTS) is 2. The molecule has 6 N–H and O–H groups in total. The molecule has 4 rings (SSSR count). The molecule has 2 atom stereocenters. The zero-order valence-corrected chi connectivity index (χ0v) is 23.2. The van der Waals surface area contributed by atoms with Gasteiger partial charge in [-0.1, -0.05) is 18.2 Å². The molecule has 0 spiro atoms. The first kappa shape index (κ1) is 34.1. The Bertz CT molecular complexity index is 1560. The van der Waals surface area contributed by atoms with E-state index in [1.54, 1.807) is 0 Å². The van der Waals surface area contributed by atoms with Gasteiger partial charge in [0, 0.05) is 17.7 Å². The minimum absolute atomic E-state index is 0.0418. The molecule has 0 unspecified atom stereocenters. The van der Waals surface area contributed by atoms with Crippen molar-refractivity contribution in [3.63, 3.8) is 0 Å². The number of aliphatic carboxylic acids is 1. The van der Waals surface area contributed by atoms with Crippen molar-refractivity contribution in [2.24, 2.45) is 0 Å². The quantitative estimate of drug-likeness (QED) is 0.165. The second-order valence-corrected chi connectivity index (χ2v) is 9.63. The second kappa shape index (κ2) is 14.8. The van der Waals surface area contributed by atoms with Crippen LogP contribution in [0.4, 0.5) is 13.2 Å². The molecule has 238 valence electrons. The summed E-state index contributed by atoms with van der Waals surface area (Å²) in [5, 5.41) is 42.1. The fourth-order valence-corrected chi connectivity index (χ4v) is 4.23. The Balaban J connectivity index is 0.000000707. The van der Waals surface area contributed by atoms with Crippen molar-refractivity contribution >= 4 is 29.6 Å². The van der Waals surface area contributed by atoms with E-state index in [1.165, 1.54) is 66.7 Å². The van der Waals surface area contributed by atoms with Crippen LogP contribution in [0.15, 0.2) is 66.7 Å². The second-order valence-electron chi connectivity index (χ2n) is 9.63. The third-order valence-corrected chi connectivity index (χ3v) is 6.48. The van der Waals surface area contributed by atoms with Gasteiger partial charge in [-0.3, -0.25) is 9.59 Å². The van der Waals surface area contributed by atoms with E-state index < -0.39 is 47.8 Å². The van der Waals surface area contributed by atoms with Gasteiger partial charge in [0.05, 0.1) is 22.7 Å². The summed E-state index contributed by atoms with van der Waals surface area (Å²) in [4.78, 5) is 58.9. The molecule has 1 saturated heterocycles. The Kier molecular flexibility index (Phi) is 11.2.